The molecule has 2 heterocycles. The van der Waals surface area contributed by atoms with Gasteiger partial charge in [0.1, 0.15) is 5.75 Å². The van der Waals surface area contributed by atoms with Crippen LogP contribution in [0.15, 0.2) is 30.5 Å². The predicted molar refractivity (Wildman–Crippen MR) is 83.7 cm³/mol. The van der Waals surface area contributed by atoms with Crippen molar-refractivity contribution >= 4 is 16.3 Å². The summed E-state index contributed by atoms with van der Waals surface area (Å²) in [5.41, 5.74) is 3.40. The molecule has 3 nitrogen and oxygen atoms in total. The molecule has 1 aromatic carbocycles. The molecule has 0 spiro atoms. The summed E-state index contributed by atoms with van der Waals surface area (Å²) in [5.74, 6) is 0.900. The second kappa shape index (κ2) is 4.94. The van der Waals surface area contributed by atoms with Gasteiger partial charge in [0.05, 0.1) is 11.8 Å². The van der Waals surface area contributed by atoms with Crippen LogP contribution in [0.4, 0.5) is 0 Å². The molecule has 0 aliphatic heterocycles. The second-order valence-corrected chi connectivity index (χ2v) is 6.40. The SMILES string of the molecule is Cc1sc2nc(-c3ccc(OC(C)C)cc3)cn2c1C. The lowest BCUT2D eigenvalue weighted by Gasteiger charge is -2.09. The minimum atomic E-state index is 0.199. The van der Waals surface area contributed by atoms with Crippen molar-refractivity contribution in [3.8, 4) is 17.0 Å². The highest BCUT2D eigenvalue weighted by Gasteiger charge is 2.10. The molecule has 104 valence electrons. The second-order valence-electron chi connectivity index (χ2n) is 5.21. The van der Waals surface area contributed by atoms with E-state index in [4.69, 9.17) is 9.72 Å². The lowest BCUT2D eigenvalue weighted by atomic mass is 10.1. The number of nitrogens with zero attached hydrogens (tertiary/aromatic N) is 2. The topological polar surface area (TPSA) is 26.5 Å². The molecule has 3 rings (SSSR count). The van der Waals surface area contributed by atoms with E-state index in [2.05, 4.69) is 36.6 Å². The van der Waals surface area contributed by atoms with Crippen molar-refractivity contribution in [2.24, 2.45) is 0 Å². The molecule has 0 bridgehead atoms. The Balaban J connectivity index is 1.94. The number of hydrogen-bond acceptors (Lipinski definition) is 3. The number of aromatic nitrogens is 2. The molecule has 0 unspecified atom stereocenters. The predicted octanol–water partition coefficient (Wildman–Crippen LogP) is 4.47. The van der Waals surface area contributed by atoms with E-state index < -0.39 is 0 Å². The van der Waals surface area contributed by atoms with E-state index in [0.717, 1.165) is 22.0 Å². The summed E-state index contributed by atoms with van der Waals surface area (Å²) in [7, 11) is 0. The Labute approximate surface area is 122 Å². The van der Waals surface area contributed by atoms with E-state index in [1.54, 1.807) is 11.3 Å². The minimum Gasteiger partial charge on any atom is -0.491 e. The van der Waals surface area contributed by atoms with Gasteiger partial charge in [-0.1, -0.05) is 0 Å². The number of ether oxygens (including phenoxy) is 1. The average Bonchev–Trinajstić information content (AvgIpc) is 2.91. The van der Waals surface area contributed by atoms with Crippen LogP contribution in [0.2, 0.25) is 0 Å². The van der Waals surface area contributed by atoms with E-state index in [9.17, 15) is 0 Å². The van der Waals surface area contributed by atoms with Crippen molar-refractivity contribution < 1.29 is 4.74 Å². The van der Waals surface area contributed by atoms with Crippen LogP contribution < -0.4 is 4.74 Å². The van der Waals surface area contributed by atoms with Gasteiger partial charge >= 0.3 is 0 Å². The Morgan fingerprint density at radius 3 is 2.45 bits per heavy atom. The van der Waals surface area contributed by atoms with Crippen LogP contribution in [0.3, 0.4) is 0 Å². The zero-order valence-corrected chi connectivity index (χ0v) is 13.0. The molecule has 0 aliphatic carbocycles. The molecule has 0 amide bonds. The molecule has 0 saturated carbocycles. The summed E-state index contributed by atoms with van der Waals surface area (Å²) in [6.45, 7) is 8.32. The number of fused-ring (bicyclic) bond motifs is 1. The Kier molecular flexibility index (Phi) is 3.26. The van der Waals surface area contributed by atoms with Crippen LogP contribution >= 0.6 is 11.3 Å². The van der Waals surface area contributed by atoms with Crippen molar-refractivity contribution in [2.75, 3.05) is 0 Å². The van der Waals surface area contributed by atoms with E-state index >= 15 is 0 Å². The smallest absolute Gasteiger partial charge is 0.194 e. The first-order valence-electron chi connectivity index (χ1n) is 6.77. The van der Waals surface area contributed by atoms with Gasteiger partial charge in [-0.2, -0.15) is 0 Å². The van der Waals surface area contributed by atoms with Crippen molar-refractivity contribution in [1.29, 1.82) is 0 Å². The first-order chi connectivity index (χ1) is 9.54. The molecule has 20 heavy (non-hydrogen) atoms. The lowest BCUT2D eigenvalue weighted by Crippen LogP contribution is -2.05. The van der Waals surface area contributed by atoms with Crippen LogP contribution in [0.1, 0.15) is 24.4 Å². The molecular formula is C16H18N2OS. The third-order valence-corrected chi connectivity index (χ3v) is 4.38. The maximum atomic E-state index is 5.66. The van der Waals surface area contributed by atoms with Crippen LogP contribution in [0.25, 0.3) is 16.2 Å². The highest BCUT2D eigenvalue weighted by atomic mass is 32.1. The van der Waals surface area contributed by atoms with Crippen LogP contribution in [-0.2, 0) is 0 Å². The molecule has 2 aromatic heterocycles. The van der Waals surface area contributed by atoms with Gasteiger partial charge in [0.2, 0.25) is 0 Å². The van der Waals surface area contributed by atoms with Gasteiger partial charge in [-0.15, -0.1) is 11.3 Å². The summed E-state index contributed by atoms with van der Waals surface area (Å²) in [6.07, 6.45) is 2.30. The van der Waals surface area contributed by atoms with Gasteiger partial charge in [0.15, 0.2) is 4.96 Å². The molecule has 4 heteroatoms. The van der Waals surface area contributed by atoms with Gasteiger partial charge in [0, 0.05) is 22.3 Å². The van der Waals surface area contributed by atoms with E-state index in [1.807, 2.05) is 26.0 Å². The molecule has 0 saturated heterocycles. The number of aryl methyl sites for hydroxylation is 2. The fourth-order valence-corrected chi connectivity index (χ4v) is 3.12. The van der Waals surface area contributed by atoms with Gasteiger partial charge in [-0.25, -0.2) is 4.98 Å². The maximum Gasteiger partial charge on any atom is 0.194 e. The summed E-state index contributed by atoms with van der Waals surface area (Å²) in [5, 5.41) is 0. The highest BCUT2D eigenvalue weighted by molar-refractivity contribution is 7.17. The van der Waals surface area contributed by atoms with E-state index in [-0.39, 0.29) is 6.10 Å². The van der Waals surface area contributed by atoms with E-state index in [1.165, 1.54) is 10.6 Å². The zero-order valence-electron chi connectivity index (χ0n) is 12.2. The molecule has 3 aromatic rings. The summed E-state index contributed by atoms with van der Waals surface area (Å²) in [6, 6.07) is 8.13. The molecule has 0 aliphatic rings. The standard InChI is InChI=1S/C16H18N2OS/c1-10(2)19-14-7-5-13(6-8-14)15-9-18-11(3)12(4)20-16(18)17-15/h5-10H,1-4H3. The summed E-state index contributed by atoms with van der Waals surface area (Å²) >= 11 is 1.73. The Bertz CT molecular complexity index is 738. The average molecular weight is 286 g/mol. The fraction of sp³-hybridized carbons (Fsp3) is 0.312. The van der Waals surface area contributed by atoms with Crippen LogP contribution in [0.5, 0.6) is 5.75 Å². The number of hydrogen-bond donors (Lipinski definition) is 0. The van der Waals surface area contributed by atoms with Gasteiger partial charge < -0.3 is 4.74 Å². The number of benzene rings is 1. The van der Waals surface area contributed by atoms with E-state index in [0.29, 0.717) is 0 Å². The van der Waals surface area contributed by atoms with Gasteiger partial charge in [0.25, 0.3) is 0 Å². The Morgan fingerprint density at radius 1 is 1.15 bits per heavy atom. The number of thiazole rings is 1. The molecular weight excluding hydrogens is 268 g/mol. The lowest BCUT2D eigenvalue weighted by molar-refractivity contribution is 0.242. The largest absolute Gasteiger partial charge is 0.491 e. The summed E-state index contributed by atoms with van der Waals surface area (Å²) in [4.78, 5) is 7.07. The number of imidazole rings is 1. The molecule has 0 N–H and O–H groups in total. The minimum absolute atomic E-state index is 0.199. The van der Waals surface area contributed by atoms with Crippen molar-refractivity contribution in [3.05, 3.63) is 41.0 Å². The Morgan fingerprint density at radius 2 is 1.85 bits per heavy atom. The van der Waals surface area contributed by atoms with Crippen LogP contribution in [0, 0.1) is 13.8 Å². The third-order valence-electron chi connectivity index (χ3n) is 3.31. The van der Waals surface area contributed by atoms with Gasteiger partial charge in [-0.05, 0) is 52.0 Å². The van der Waals surface area contributed by atoms with Crippen molar-refractivity contribution in [1.82, 2.24) is 9.38 Å². The fourth-order valence-electron chi connectivity index (χ4n) is 2.17. The van der Waals surface area contributed by atoms with Crippen LogP contribution in [-0.4, -0.2) is 15.5 Å². The summed E-state index contributed by atoms with van der Waals surface area (Å²) < 4.78 is 7.82. The number of rotatable bonds is 3. The highest BCUT2D eigenvalue weighted by Crippen LogP contribution is 2.27. The van der Waals surface area contributed by atoms with Crippen molar-refractivity contribution in [2.45, 2.75) is 33.8 Å². The zero-order chi connectivity index (χ0) is 14.3. The molecule has 0 radical (unpaired) electrons. The van der Waals surface area contributed by atoms with Gasteiger partial charge in [-0.3, -0.25) is 4.40 Å². The third kappa shape index (κ3) is 2.31. The molecule has 0 fully saturated rings. The first-order valence-corrected chi connectivity index (χ1v) is 7.58. The quantitative estimate of drug-likeness (QED) is 0.710. The first kappa shape index (κ1) is 13.2. The monoisotopic (exact) mass is 286 g/mol. The Hall–Kier alpha value is -1.81. The normalized spacial score (nSPS) is 11.4. The molecule has 0 atom stereocenters. The van der Waals surface area contributed by atoms with Crippen molar-refractivity contribution in [3.63, 3.8) is 0 Å². The maximum absolute atomic E-state index is 5.66.